The van der Waals surface area contributed by atoms with Crippen molar-refractivity contribution in [3.05, 3.63) is 63.0 Å². The molecule has 2 heterocycles. The molecule has 9 heteroatoms. The minimum absolute atomic E-state index is 0.00399. The molecule has 1 unspecified atom stereocenters. The second kappa shape index (κ2) is 8.61. The van der Waals surface area contributed by atoms with Crippen LogP contribution in [0.15, 0.2) is 36.5 Å². The summed E-state index contributed by atoms with van der Waals surface area (Å²) in [5.74, 6) is -0.353. The van der Waals surface area contributed by atoms with Gasteiger partial charge in [-0.25, -0.2) is 0 Å². The maximum atomic E-state index is 13.3. The highest BCUT2D eigenvalue weighted by molar-refractivity contribution is 7.14. The van der Waals surface area contributed by atoms with Crippen LogP contribution in [0.1, 0.15) is 31.2 Å². The van der Waals surface area contributed by atoms with Crippen molar-refractivity contribution in [2.75, 3.05) is 6.54 Å². The summed E-state index contributed by atoms with van der Waals surface area (Å²) in [6.07, 6.45) is -2.70. The quantitative estimate of drug-likeness (QED) is 0.612. The van der Waals surface area contributed by atoms with Gasteiger partial charge in [-0.05, 0) is 43.5 Å². The van der Waals surface area contributed by atoms with Crippen molar-refractivity contribution in [1.29, 1.82) is 0 Å². The molecule has 30 heavy (non-hydrogen) atoms. The van der Waals surface area contributed by atoms with Crippen LogP contribution in [0.4, 0.5) is 13.2 Å². The van der Waals surface area contributed by atoms with Gasteiger partial charge in [-0.1, -0.05) is 18.2 Å². The monoisotopic (exact) mass is 436 g/mol. The summed E-state index contributed by atoms with van der Waals surface area (Å²) in [4.78, 5) is 14.2. The zero-order valence-corrected chi connectivity index (χ0v) is 17.7. The standard InChI is InChI=1S/C21H23F3N4OS/c1-12-11-26-28(3)19(12)16-9-18(30-13(16)2)20(29)27-15(10-25)8-14-6-4-5-7-17(14)21(22,23)24/h4-7,9,11,15H,8,10,25H2,1-3H3,(H,27,29). The number of carbonyl (C=O) groups excluding carboxylic acids is 1. The summed E-state index contributed by atoms with van der Waals surface area (Å²) < 4.78 is 41.5. The first-order valence-corrected chi connectivity index (χ1v) is 10.2. The van der Waals surface area contributed by atoms with Crippen molar-refractivity contribution in [3.8, 4) is 11.3 Å². The van der Waals surface area contributed by atoms with Crippen LogP contribution < -0.4 is 11.1 Å². The Labute approximate surface area is 176 Å². The Hall–Kier alpha value is -2.65. The summed E-state index contributed by atoms with van der Waals surface area (Å²) in [6.45, 7) is 3.89. The minimum Gasteiger partial charge on any atom is -0.347 e. The fourth-order valence-electron chi connectivity index (χ4n) is 3.45. The fourth-order valence-corrected chi connectivity index (χ4v) is 4.38. The number of nitrogens with one attached hydrogen (secondary N) is 1. The van der Waals surface area contributed by atoms with Crippen LogP contribution in [0.2, 0.25) is 0 Å². The van der Waals surface area contributed by atoms with Gasteiger partial charge in [0.25, 0.3) is 5.91 Å². The predicted molar refractivity (Wildman–Crippen MR) is 111 cm³/mol. The van der Waals surface area contributed by atoms with Crippen molar-refractivity contribution < 1.29 is 18.0 Å². The number of halogens is 3. The summed E-state index contributed by atoms with van der Waals surface area (Å²) >= 11 is 1.33. The predicted octanol–water partition coefficient (Wildman–Crippen LogP) is 4.08. The van der Waals surface area contributed by atoms with Crippen molar-refractivity contribution in [2.45, 2.75) is 32.5 Å². The normalized spacial score (nSPS) is 12.8. The second-order valence-electron chi connectivity index (χ2n) is 7.15. The average molecular weight is 437 g/mol. The average Bonchev–Trinajstić information content (AvgIpc) is 3.22. The molecule has 0 aliphatic carbocycles. The molecule has 3 rings (SSSR count). The SMILES string of the molecule is Cc1cnn(C)c1-c1cc(C(=O)NC(CN)Cc2ccccc2C(F)(F)F)sc1C. The molecule has 0 bridgehead atoms. The van der Waals surface area contributed by atoms with E-state index in [-0.39, 0.29) is 24.4 Å². The van der Waals surface area contributed by atoms with Crippen molar-refractivity contribution in [1.82, 2.24) is 15.1 Å². The van der Waals surface area contributed by atoms with Crippen LogP contribution in [0.5, 0.6) is 0 Å². The first-order chi connectivity index (χ1) is 14.1. The van der Waals surface area contributed by atoms with Gasteiger partial charge in [-0.15, -0.1) is 11.3 Å². The molecule has 5 nitrogen and oxygen atoms in total. The third-order valence-corrected chi connectivity index (χ3v) is 5.98. The van der Waals surface area contributed by atoms with Gasteiger partial charge in [-0.2, -0.15) is 18.3 Å². The maximum Gasteiger partial charge on any atom is 0.416 e. The number of hydrogen-bond donors (Lipinski definition) is 2. The molecule has 160 valence electrons. The summed E-state index contributed by atoms with van der Waals surface area (Å²) in [7, 11) is 1.84. The van der Waals surface area contributed by atoms with Gasteiger partial charge in [0.2, 0.25) is 0 Å². The van der Waals surface area contributed by atoms with Gasteiger partial charge in [0.15, 0.2) is 0 Å². The summed E-state index contributed by atoms with van der Waals surface area (Å²) in [6, 6.07) is 6.51. The number of aryl methyl sites for hydroxylation is 3. The Kier molecular flexibility index (Phi) is 6.33. The largest absolute Gasteiger partial charge is 0.416 e. The fraction of sp³-hybridized carbons (Fsp3) is 0.333. The molecule has 0 spiro atoms. The number of amides is 1. The Morgan fingerprint density at radius 2 is 2.00 bits per heavy atom. The van der Waals surface area contributed by atoms with Crippen LogP contribution in [0.25, 0.3) is 11.3 Å². The third kappa shape index (κ3) is 4.57. The van der Waals surface area contributed by atoms with Crippen molar-refractivity contribution in [2.24, 2.45) is 12.8 Å². The van der Waals surface area contributed by atoms with E-state index in [2.05, 4.69) is 10.4 Å². The smallest absolute Gasteiger partial charge is 0.347 e. The zero-order chi connectivity index (χ0) is 22.1. The molecule has 3 N–H and O–H groups in total. The number of aromatic nitrogens is 2. The molecule has 1 amide bonds. The van der Waals surface area contributed by atoms with Gasteiger partial charge < -0.3 is 11.1 Å². The number of rotatable bonds is 6. The van der Waals surface area contributed by atoms with E-state index in [1.54, 1.807) is 23.0 Å². The van der Waals surface area contributed by atoms with Crippen molar-refractivity contribution >= 4 is 17.2 Å². The first-order valence-electron chi connectivity index (χ1n) is 9.37. The molecule has 1 atom stereocenters. The number of benzene rings is 1. The number of thiophene rings is 1. The Morgan fingerprint density at radius 1 is 1.30 bits per heavy atom. The molecular formula is C21H23F3N4OS. The van der Waals surface area contributed by atoms with Crippen LogP contribution in [0.3, 0.4) is 0 Å². The molecule has 0 aliphatic heterocycles. The van der Waals surface area contributed by atoms with E-state index >= 15 is 0 Å². The highest BCUT2D eigenvalue weighted by atomic mass is 32.1. The topological polar surface area (TPSA) is 72.9 Å². The van der Waals surface area contributed by atoms with Crippen LogP contribution in [0, 0.1) is 13.8 Å². The van der Waals surface area contributed by atoms with E-state index in [9.17, 15) is 18.0 Å². The van der Waals surface area contributed by atoms with Gasteiger partial charge in [0.05, 0.1) is 22.3 Å². The Morgan fingerprint density at radius 3 is 2.60 bits per heavy atom. The molecular weight excluding hydrogens is 413 g/mol. The molecule has 0 aliphatic rings. The van der Waals surface area contributed by atoms with E-state index in [0.29, 0.717) is 4.88 Å². The second-order valence-corrected chi connectivity index (χ2v) is 8.40. The lowest BCUT2D eigenvalue weighted by atomic mass is 9.99. The van der Waals surface area contributed by atoms with Crippen molar-refractivity contribution in [3.63, 3.8) is 0 Å². The highest BCUT2D eigenvalue weighted by Gasteiger charge is 2.33. The molecule has 0 saturated carbocycles. The maximum absolute atomic E-state index is 13.3. The first kappa shape index (κ1) is 22.0. The molecule has 0 saturated heterocycles. The minimum atomic E-state index is -4.46. The summed E-state index contributed by atoms with van der Waals surface area (Å²) in [5.41, 5.74) is 7.98. The summed E-state index contributed by atoms with van der Waals surface area (Å²) in [5, 5.41) is 7.02. The molecule has 0 radical (unpaired) electrons. The van der Waals surface area contributed by atoms with Gasteiger partial charge in [0.1, 0.15) is 0 Å². The van der Waals surface area contributed by atoms with Gasteiger partial charge in [-0.3, -0.25) is 9.48 Å². The number of nitrogens with two attached hydrogens (primary N) is 1. The van der Waals surface area contributed by atoms with E-state index in [4.69, 9.17) is 5.73 Å². The lowest BCUT2D eigenvalue weighted by Crippen LogP contribution is -2.41. The Bertz CT molecular complexity index is 1040. The van der Waals surface area contributed by atoms with Crippen LogP contribution in [-0.4, -0.2) is 28.3 Å². The molecule has 1 aromatic carbocycles. The number of hydrogen-bond acceptors (Lipinski definition) is 4. The van der Waals surface area contributed by atoms with Crippen LogP contribution in [-0.2, 0) is 19.6 Å². The van der Waals surface area contributed by atoms with Gasteiger partial charge in [0, 0.05) is 30.1 Å². The van der Waals surface area contributed by atoms with E-state index in [1.165, 1.54) is 23.5 Å². The third-order valence-electron chi connectivity index (χ3n) is 4.93. The number of nitrogens with zero attached hydrogens (tertiary/aromatic N) is 2. The molecule has 2 aromatic heterocycles. The van der Waals surface area contributed by atoms with E-state index in [0.717, 1.165) is 27.8 Å². The van der Waals surface area contributed by atoms with Crippen LogP contribution >= 0.6 is 11.3 Å². The number of alkyl halides is 3. The van der Waals surface area contributed by atoms with E-state index in [1.807, 2.05) is 20.9 Å². The van der Waals surface area contributed by atoms with E-state index < -0.39 is 17.8 Å². The van der Waals surface area contributed by atoms with Gasteiger partial charge >= 0.3 is 6.18 Å². The molecule has 0 fully saturated rings. The Balaban J connectivity index is 1.80. The lowest BCUT2D eigenvalue weighted by Gasteiger charge is -2.19. The zero-order valence-electron chi connectivity index (χ0n) is 16.9. The lowest BCUT2D eigenvalue weighted by molar-refractivity contribution is -0.138. The molecule has 3 aromatic rings. The highest BCUT2D eigenvalue weighted by Crippen LogP contribution is 2.34. The number of carbonyl (C=O) groups is 1.